The van der Waals surface area contributed by atoms with Crippen molar-refractivity contribution in [3.8, 4) is 0 Å². The average molecular weight is 284 g/mol. The number of carbonyl (C=O) groups is 2. The minimum atomic E-state index is -0.260. The van der Waals surface area contributed by atoms with Gasteiger partial charge in [-0.15, -0.1) is 0 Å². The van der Waals surface area contributed by atoms with Crippen LogP contribution in [0, 0.1) is 17.8 Å². The highest BCUT2D eigenvalue weighted by Crippen LogP contribution is 2.47. The fourth-order valence-corrected chi connectivity index (χ4v) is 4.07. The monoisotopic (exact) mass is 284 g/mol. The molecule has 21 heavy (non-hydrogen) atoms. The van der Waals surface area contributed by atoms with E-state index in [4.69, 9.17) is 0 Å². The van der Waals surface area contributed by atoms with Gasteiger partial charge in [-0.3, -0.25) is 15.0 Å². The van der Waals surface area contributed by atoms with Crippen molar-refractivity contribution in [3.05, 3.63) is 30.3 Å². The number of fused-ring (bicyclic) bond motifs is 1. The summed E-state index contributed by atoms with van der Waals surface area (Å²) < 4.78 is 0. The normalized spacial score (nSPS) is 32.6. The third-order valence-electron chi connectivity index (χ3n) is 5.30. The van der Waals surface area contributed by atoms with Gasteiger partial charge in [0, 0.05) is 5.69 Å². The van der Waals surface area contributed by atoms with Gasteiger partial charge in [0.25, 0.3) is 0 Å². The molecule has 3 fully saturated rings. The predicted octanol–water partition coefficient (Wildman–Crippen LogP) is 2.94. The van der Waals surface area contributed by atoms with Crippen LogP contribution in [-0.2, 0) is 4.79 Å². The smallest absolute Gasteiger partial charge is 0.290 e. The summed E-state index contributed by atoms with van der Waals surface area (Å²) in [5, 5.41) is 2.53. The van der Waals surface area contributed by atoms with Gasteiger partial charge >= 0.3 is 6.03 Å². The Balaban J connectivity index is 1.66. The molecule has 0 radical (unpaired) electrons. The lowest BCUT2D eigenvalue weighted by Crippen LogP contribution is -2.62. The van der Waals surface area contributed by atoms with E-state index in [-0.39, 0.29) is 23.9 Å². The maximum Gasteiger partial charge on any atom is 0.328 e. The maximum atomic E-state index is 12.3. The van der Waals surface area contributed by atoms with Crippen LogP contribution >= 0.6 is 0 Å². The van der Waals surface area contributed by atoms with Gasteiger partial charge in [0.2, 0.25) is 5.91 Å². The summed E-state index contributed by atoms with van der Waals surface area (Å²) in [5.41, 5.74) is 0.897. The number of hydrogen-bond acceptors (Lipinski definition) is 2. The van der Waals surface area contributed by atoms with Gasteiger partial charge < -0.3 is 0 Å². The lowest BCUT2D eigenvalue weighted by Gasteiger charge is -2.45. The second-order valence-corrected chi connectivity index (χ2v) is 6.58. The Morgan fingerprint density at radius 1 is 0.952 bits per heavy atom. The summed E-state index contributed by atoms with van der Waals surface area (Å²) in [6, 6.07) is 9.50. The van der Waals surface area contributed by atoms with E-state index in [2.05, 4.69) is 5.32 Å². The zero-order chi connectivity index (χ0) is 14.4. The molecule has 3 atom stereocenters. The zero-order valence-corrected chi connectivity index (χ0v) is 12.0. The first-order valence-electron chi connectivity index (χ1n) is 7.93. The van der Waals surface area contributed by atoms with Gasteiger partial charge in [-0.05, 0) is 56.1 Å². The summed E-state index contributed by atoms with van der Waals surface area (Å²) >= 11 is 0. The van der Waals surface area contributed by atoms with E-state index in [1.54, 1.807) is 0 Å². The molecule has 4 heteroatoms. The lowest BCUT2D eigenvalue weighted by atomic mass is 9.74. The molecule has 1 aliphatic heterocycles. The van der Waals surface area contributed by atoms with E-state index in [1.165, 1.54) is 12.8 Å². The van der Waals surface area contributed by atoms with Gasteiger partial charge in [-0.2, -0.15) is 0 Å². The van der Waals surface area contributed by atoms with Crippen molar-refractivity contribution in [1.29, 1.82) is 0 Å². The number of nitrogens with zero attached hydrogens (tertiary/aromatic N) is 1. The number of imide groups is 1. The Hall–Kier alpha value is -1.84. The summed E-state index contributed by atoms with van der Waals surface area (Å²) in [6.45, 7) is 0. The molecule has 0 bridgehead atoms. The fraction of sp³-hybridized carbons (Fsp3) is 0.529. The van der Waals surface area contributed by atoms with Crippen LogP contribution in [0.15, 0.2) is 30.3 Å². The third kappa shape index (κ3) is 2.23. The molecule has 1 aromatic carbocycles. The Morgan fingerprint density at radius 3 is 2.38 bits per heavy atom. The Labute approximate surface area is 124 Å². The first-order chi connectivity index (χ1) is 10.2. The Kier molecular flexibility index (Phi) is 2.98. The van der Waals surface area contributed by atoms with Gasteiger partial charge in [0.1, 0.15) is 0 Å². The van der Waals surface area contributed by atoms with Crippen LogP contribution in [0.3, 0.4) is 0 Å². The fourth-order valence-electron chi connectivity index (χ4n) is 4.07. The number of anilines is 1. The maximum absolute atomic E-state index is 12.3. The van der Waals surface area contributed by atoms with E-state index in [0.29, 0.717) is 5.92 Å². The quantitative estimate of drug-likeness (QED) is 0.907. The largest absolute Gasteiger partial charge is 0.328 e. The van der Waals surface area contributed by atoms with Crippen molar-refractivity contribution < 1.29 is 9.59 Å². The standard InChI is InChI=1S/C17H20N2O2/c20-16-14-9-8-12(11-6-7-11)10-15(14)19(17(21)18-16)13-4-2-1-3-5-13/h1-5,11-12,14-15H,6-10H2,(H,18,20,21). The van der Waals surface area contributed by atoms with Gasteiger partial charge in [0.15, 0.2) is 0 Å². The van der Waals surface area contributed by atoms with E-state index in [0.717, 1.165) is 30.9 Å². The molecule has 3 unspecified atom stereocenters. The number of amides is 3. The topological polar surface area (TPSA) is 49.4 Å². The average Bonchev–Trinajstić information content (AvgIpc) is 3.32. The zero-order valence-electron chi connectivity index (χ0n) is 12.0. The SMILES string of the molecule is O=C1NC(=O)N(c2ccccc2)C2CC(C3CC3)CCC12. The summed E-state index contributed by atoms with van der Waals surface area (Å²) in [6.07, 6.45) is 5.68. The molecule has 1 aromatic rings. The van der Waals surface area contributed by atoms with Crippen molar-refractivity contribution >= 4 is 17.6 Å². The van der Waals surface area contributed by atoms with Crippen LogP contribution < -0.4 is 10.2 Å². The number of para-hydroxylation sites is 1. The molecule has 1 heterocycles. The highest BCUT2D eigenvalue weighted by atomic mass is 16.2. The second-order valence-electron chi connectivity index (χ2n) is 6.58. The van der Waals surface area contributed by atoms with Crippen LogP contribution in [0.1, 0.15) is 32.1 Å². The van der Waals surface area contributed by atoms with Crippen molar-refractivity contribution in [3.63, 3.8) is 0 Å². The predicted molar refractivity (Wildman–Crippen MR) is 79.8 cm³/mol. The Morgan fingerprint density at radius 2 is 1.67 bits per heavy atom. The number of nitrogens with one attached hydrogen (secondary N) is 1. The summed E-state index contributed by atoms with van der Waals surface area (Å²) in [5.74, 6) is 1.41. The molecule has 3 amide bonds. The van der Waals surface area contributed by atoms with Crippen LogP contribution in [0.5, 0.6) is 0 Å². The third-order valence-corrected chi connectivity index (χ3v) is 5.30. The molecule has 4 nitrogen and oxygen atoms in total. The molecule has 110 valence electrons. The second kappa shape index (κ2) is 4.86. The number of carbonyl (C=O) groups excluding carboxylic acids is 2. The molecule has 0 aromatic heterocycles. The van der Waals surface area contributed by atoms with E-state index in [1.807, 2.05) is 35.2 Å². The van der Waals surface area contributed by atoms with E-state index >= 15 is 0 Å². The molecule has 0 spiro atoms. The van der Waals surface area contributed by atoms with Crippen LogP contribution in [0.25, 0.3) is 0 Å². The van der Waals surface area contributed by atoms with Crippen molar-refractivity contribution in [2.45, 2.75) is 38.1 Å². The molecular formula is C17H20N2O2. The first kappa shape index (κ1) is 12.9. The van der Waals surface area contributed by atoms with Gasteiger partial charge in [0.05, 0.1) is 12.0 Å². The number of urea groups is 1. The molecule has 2 aliphatic carbocycles. The van der Waals surface area contributed by atoms with Crippen molar-refractivity contribution in [2.24, 2.45) is 17.8 Å². The minimum absolute atomic E-state index is 0.0352. The van der Waals surface area contributed by atoms with Crippen LogP contribution in [0.4, 0.5) is 10.5 Å². The highest BCUT2D eigenvalue weighted by molar-refractivity contribution is 6.07. The number of benzene rings is 1. The molecular weight excluding hydrogens is 264 g/mol. The molecule has 3 aliphatic rings. The van der Waals surface area contributed by atoms with Gasteiger partial charge in [-0.1, -0.05) is 18.2 Å². The first-order valence-corrected chi connectivity index (χ1v) is 7.93. The molecule has 2 saturated carbocycles. The van der Waals surface area contributed by atoms with Gasteiger partial charge in [-0.25, -0.2) is 4.79 Å². The molecule has 4 rings (SSSR count). The van der Waals surface area contributed by atoms with Crippen LogP contribution in [-0.4, -0.2) is 18.0 Å². The highest BCUT2D eigenvalue weighted by Gasteiger charge is 2.47. The summed E-state index contributed by atoms with van der Waals surface area (Å²) in [4.78, 5) is 26.3. The Bertz CT molecular complexity index is 567. The van der Waals surface area contributed by atoms with Crippen molar-refractivity contribution in [2.75, 3.05) is 4.90 Å². The minimum Gasteiger partial charge on any atom is -0.290 e. The van der Waals surface area contributed by atoms with Crippen LogP contribution in [0.2, 0.25) is 0 Å². The number of rotatable bonds is 2. The van der Waals surface area contributed by atoms with E-state index in [9.17, 15) is 9.59 Å². The van der Waals surface area contributed by atoms with E-state index < -0.39 is 0 Å². The lowest BCUT2D eigenvalue weighted by molar-refractivity contribution is -0.126. The molecule has 1 saturated heterocycles. The number of hydrogen-bond donors (Lipinski definition) is 1. The molecule has 1 N–H and O–H groups in total. The van der Waals surface area contributed by atoms with Crippen molar-refractivity contribution in [1.82, 2.24) is 5.32 Å². The summed E-state index contributed by atoms with van der Waals surface area (Å²) in [7, 11) is 0.